The van der Waals surface area contributed by atoms with Gasteiger partial charge in [0.1, 0.15) is 0 Å². The van der Waals surface area contributed by atoms with E-state index in [2.05, 4.69) is 0 Å². The summed E-state index contributed by atoms with van der Waals surface area (Å²) in [4.78, 5) is 14.7. The van der Waals surface area contributed by atoms with Crippen molar-refractivity contribution in [1.29, 1.82) is 0 Å². The number of nitrogens with zero attached hydrogens (tertiary/aromatic N) is 3. The van der Waals surface area contributed by atoms with Gasteiger partial charge in [0, 0.05) is 16.6 Å². The molecule has 1 fully saturated rings. The van der Waals surface area contributed by atoms with E-state index in [0.29, 0.717) is 46.0 Å². The smallest absolute Gasteiger partial charge is 0.450 e. The van der Waals surface area contributed by atoms with Gasteiger partial charge in [0.2, 0.25) is 0 Å². The molecule has 0 saturated carbocycles. The van der Waals surface area contributed by atoms with Crippen LogP contribution in [0.5, 0.6) is 23.0 Å². The lowest BCUT2D eigenvalue weighted by Crippen LogP contribution is -2.41. The number of aromatic nitrogens is 3. The SMILES string of the molecule is CC1(C)OB(c2ccc(-c3nc(-c4ccccc4)nc(-c4ccccc4)n3)c3c2Oc2ccccc2O3)OC1(C)C. The van der Waals surface area contributed by atoms with Crippen LogP contribution in [0.4, 0.5) is 0 Å². The second-order valence-corrected chi connectivity index (χ2v) is 11.1. The van der Waals surface area contributed by atoms with Gasteiger partial charge in [-0.3, -0.25) is 0 Å². The van der Waals surface area contributed by atoms with Crippen LogP contribution in [-0.2, 0) is 9.31 Å². The summed E-state index contributed by atoms with van der Waals surface area (Å²) in [5.41, 5.74) is 2.15. The average Bonchev–Trinajstić information content (AvgIpc) is 3.22. The first-order valence-electron chi connectivity index (χ1n) is 13.6. The maximum absolute atomic E-state index is 6.52. The molecule has 0 spiro atoms. The molecule has 2 aliphatic rings. The van der Waals surface area contributed by atoms with Gasteiger partial charge in [-0.25, -0.2) is 15.0 Å². The number of benzene rings is 4. The van der Waals surface area contributed by atoms with E-state index in [1.54, 1.807) is 0 Å². The van der Waals surface area contributed by atoms with Crippen LogP contribution in [0.15, 0.2) is 97.1 Å². The van der Waals surface area contributed by atoms with Crippen molar-refractivity contribution in [2.24, 2.45) is 0 Å². The van der Waals surface area contributed by atoms with Crippen LogP contribution >= 0.6 is 0 Å². The minimum absolute atomic E-state index is 0.470. The average molecular weight is 541 g/mol. The van der Waals surface area contributed by atoms with Crippen molar-refractivity contribution >= 4 is 12.6 Å². The van der Waals surface area contributed by atoms with Crippen LogP contribution in [0, 0.1) is 0 Å². The molecule has 0 aliphatic carbocycles. The summed E-state index contributed by atoms with van der Waals surface area (Å²) in [6.07, 6.45) is 0. The van der Waals surface area contributed by atoms with Gasteiger partial charge in [-0.05, 0) is 45.9 Å². The molecule has 0 unspecified atom stereocenters. The molecule has 41 heavy (non-hydrogen) atoms. The monoisotopic (exact) mass is 541 g/mol. The van der Waals surface area contributed by atoms with Crippen LogP contribution < -0.4 is 14.9 Å². The number of para-hydroxylation sites is 2. The first-order chi connectivity index (χ1) is 19.8. The summed E-state index contributed by atoms with van der Waals surface area (Å²) in [7, 11) is -0.644. The first-order valence-corrected chi connectivity index (χ1v) is 13.6. The zero-order valence-corrected chi connectivity index (χ0v) is 23.3. The largest absolute Gasteiger partial charge is 0.498 e. The van der Waals surface area contributed by atoms with Crippen LogP contribution in [0.1, 0.15) is 27.7 Å². The van der Waals surface area contributed by atoms with Gasteiger partial charge in [-0.1, -0.05) is 78.9 Å². The minimum Gasteiger partial charge on any atom is -0.450 e. The van der Waals surface area contributed by atoms with Crippen molar-refractivity contribution in [1.82, 2.24) is 15.0 Å². The molecule has 0 amide bonds. The number of hydrogen-bond acceptors (Lipinski definition) is 7. The minimum atomic E-state index is -0.644. The Balaban J connectivity index is 1.42. The molecule has 5 aromatic rings. The van der Waals surface area contributed by atoms with E-state index in [9.17, 15) is 0 Å². The van der Waals surface area contributed by atoms with E-state index in [0.717, 1.165) is 16.6 Å². The van der Waals surface area contributed by atoms with Gasteiger partial charge < -0.3 is 18.8 Å². The molecule has 0 atom stereocenters. The molecule has 7 rings (SSSR count). The summed E-state index contributed by atoms with van der Waals surface area (Å²) in [5, 5.41) is 0. The van der Waals surface area contributed by atoms with Gasteiger partial charge in [0.25, 0.3) is 0 Å². The topological polar surface area (TPSA) is 75.6 Å². The molecule has 0 radical (unpaired) electrons. The number of ether oxygens (including phenoxy) is 2. The second kappa shape index (κ2) is 9.54. The summed E-state index contributed by atoms with van der Waals surface area (Å²) in [6.45, 7) is 8.12. The fraction of sp³-hybridized carbons (Fsp3) is 0.182. The van der Waals surface area contributed by atoms with Gasteiger partial charge in [0.15, 0.2) is 40.5 Å². The third kappa shape index (κ3) is 4.45. The highest BCUT2D eigenvalue weighted by Crippen LogP contribution is 2.49. The lowest BCUT2D eigenvalue weighted by Gasteiger charge is -2.32. The predicted octanol–water partition coefficient (Wildman–Crippen LogP) is 7.07. The van der Waals surface area contributed by atoms with Crippen LogP contribution in [0.3, 0.4) is 0 Å². The van der Waals surface area contributed by atoms with E-state index >= 15 is 0 Å². The number of hydrogen-bond donors (Lipinski definition) is 0. The molecular formula is C33H28BN3O4. The number of rotatable bonds is 4. The Morgan fingerprint density at radius 3 is 1.51 bits per heavy atom. The molecule has 0 N–H and O–H groups in total. The molecule has 0 bridgehead atoms. The fourth-order valence-electron chi connectivity index (χ4n) is 4.88. The molecule has 3 heterocycles. The Morgan fingerprint density at radius 1 is 0.512 bits per heavy atom. The van der Waals surface area contributed by atoms with Gasteiger partial charge in [-0.15, -0.1) is 0 Å². The Hall–Kier alpha value is -4.53. The highest BCUT2D eigenvalue weighted by atomic mass is 16.7. The zero-order valence-electron chi connectivity index (χ0n) is 23.3. The lowest BCUT2D eigenvalue weighted by atomic mass is 9.77. The second-order valence-electron chi connectivity index (χ2n) is 11.1. The van der Waals surface area contributed by atoms with Crippen molar-refractivity contribution in [2.75, 3.05) is 0 Å². The maximum atomic E-state index is 6.52. The normalized spacial score (nSPS) is 16.3. The van der Waals surface area contributed by atoms with Crippen LogP contribution in [0.25, 0.3) is 34.2 Å². The van der Waals surface area contributed by atoms with Crippen LogP contribution in [0.2, 0.25) is 0 Å². The van der Waals surface area contributed by atoms with Crippen molar-refractivity contribution < 1.29 is 18.8 Å². The molecule has 7 nitrogen and oxygen atoms in total. The molecule has 202 valence electrons. The van der Waals surface area contributed by atoms with Gasteiger partial charge >= 0.3 is 7.12 Å². The molecule has 1 aromatic heterocycles. The fourth-order valence-corrected chi connectivity index (χ4v) is 4.88. The van der Waals surface area contributed by atoms with E-state index < -0.39 is 18.3 Å². The summed E-state index contributed by atoms with van der Waals surface area (Å²) >= 11 is 0. The Kier molecular flexibility index (Phi) is 5.92. The molecular weight excluding hydrogens is 513 g/mol. The molecule has 2 aliphatic heterocycles. The number of fused-ring (bicyclic) bond motifs is 2. The Bertz CT molecular complexity index is 1690. The zero-order chi connectivity index (χ0) is 28.2. The first kappa shape index (κ1) is 25.4. The standard InChI is InChI=1S/C33H28BN3O4/c1-32(2)33(3,4)41-34(40-32)24-20-19-23(27-28(24)39-26-18-12-11-17-25(26)38-27)31-36-29(21-13-7-5-8-14-21)35-30(37-31)22-15-9-6-10-16-22/h5-20H,1-4H3. The lowest BCUT2D eigenvalue weighted by molar-refractivity contribution is 0.00578. The van der Waals surface area contributed by atoms with E-state index in [1.165, 1.54) is 0 Å². The van der Waals surface area contributed by atoms with Gasteiger partial charge in [-0.2, -0.15) is 0 Å². The highest BCUT2D eigenvalue weighted by molar-refractivity contribution is 6.63. The van der Waals surface area contributed by atoms with Gasteiger partial charge in [0.05, 0.1) is 16.8 Å². The summed E-state index contributed by atoms with van der Waals surface area (Å²) < 4.78 is 25.8. The molecule has 8 heteroatoms. The quantitative estimate of drug-likeness (QED) is 0.221. The van der Waals surface area contributed by atoms with E-state index in [4.69, 9.17) is 33.7 Å². The summed E-state index contributed by atoms with van der Waals surface area (Å²) in [6, 6.07) is 31.2. The molecule has 4 aromatic carbocycles. The van der Waals surface area contributed by atoms with Crippen molar-refractivity contribution in [3.8, 4) is 57.2 Å². The van der Waals surface area contributed by atoms with Crippen LogP contribution in [-0.4, -0.2) is 33.3 Å². The maximum Gasteiger partial charge on any atom is 0.498 e. The van der Waals surface area contributed by atoms with Crippen molar-refractivity contribution in [3.05, 3.63) is 97.1 Å². The highest BCUT2D eigenvalue weighted by Gasteiger charge is 2.53. The van der Waals surface area contributed by atoms with Crippen molar-refractivity contribution in [3.63, 3.8) is 0 Å². The Labute approximate surface area is 239 Å². The molecule has 1 saturated heterocycles. The predicted molar refractivity (Wildman–Crippen MR) is 158 cm³/mol. The third-order valence-corrected chi connectivity index (χ3v) is 7.86. The van der Waals surface area contributed by atoms with Crippen molar-refractivity contribution in [2.45, 2.75) is 38.9 Å². The summed E-state index contributed by atoms with van der Waals surface area (Å²) in [5.74, 6) is 3.83. The third-order valence-electron chi connectivity index (χ3n) is 7.86. The van der Waals surface area contributed by atoms with E-state index in [1.807, 2.05) is 125 Å². The Morgan fingerprint density at radius 2 is 0.976 bits per heavy atom. The van der Waals surface area contributed by atoms with E-state index in [-0.39, 0.29) is 0 Å².